The molecular formula is C29H37N3O5. The minimum absolute atomic E-state index is 0.0100. The van der Waals surface area contributed by atoms with Gasteiger partial charge in [0.05, 0.1) is 30.5 Å². The van der Waals surface area contributed by atoms with Crippen LogP contribution in [0.2, 0.25) is 0 Å². The Morgan fingerprint density at radius 3 is 2.54 bits per heavy atom. The van der Waals surface area contributed by atoms with Gasteiger partial charge in [-0.15, -0.1) is 0 Å². The number of carboxylic acids is 1. The van der Waals surface area contributed by atoms with E-state index in [4.69, 9.17) is 9.47 Å². The Bertz CT molecular complexity index is 1110. The highest BCUT2D eigenvalue weighted by Gasteiger charge is 2.37. The normalized spacial score (nSPS) is 21.1. The first-order valence-electron chi connectivity index (χ1n) is 13.1. The van der Waals surface area contributed by atoms with Crippen molar-refractivity contribution in [3.05, 3.63) is 65.7 Å². The number of rotatable bonds is 10. The summed E-state index contributed by atoms with van der Waals surface area (Å²) in [5.41, 5.74) is 3.51. The number of fused-ring (bicyclic) bond motifs is 1. The van der Waals surface area contributed by atoms with Crippen molar-refractivity contribution in [3.63, 3.8) is 0 Å². The number of hydrogen-bond acceptors (Lipinski definition) is 6. The zero-order valence-electron chi connectivity index (χ0n) is 21.8. The molecule has 3 N–H and O–H groups in total. The fourth-order valence-corrected chi connectivity index (χ4v) is 5.05. The molecule has 2 aromatic carbocycles. The monoisotopic (exact) mass is 507 g/mol. The summed E-state index contributed by atoms with van der Waals surface area (Å²) in [7, 11) is 0. The summed E-state index contributed by atoms with van der Waals surface area (Å²) >= 11 is 0. The molecule has 8 heteroatoms. The van der Waals surface area contributed by atoms with Crippen LogP contribution in [0.5, 0.6) is 5.75 Å². The number of carboxylic acid groups (broad SMARTS) is 1. The fraction of sp³-hybridized carbons (Fsp3) is 0.448. The second kappa shape index (κ2) is 12.3. The van der Waals surface area contributed by atoms with E-state index >= 15 is 0 Å². The Morgan fingerprint density at radius 1 is 1.14 bits per heavy atom. The van der Waals surface area contributed by atoms with Crippen molar-refractivity contribution in [2.24, 2.45) is 0 Å². The lowest BCUT2D eigenvalue weighted by molar-refractivity contribution is -0.133. The first-order chi connectivity index (χ1) is 17.9. The van der Waals surface area contributed by atoms with Crippen molar-refractivity contribution in [2.75, 3.05) is 18.1 Å². The van der Waals surface area contributed by atoms with E-state index in [1.165, 1.54) is 6.92 Å². The third kappa shape index (κ3) is 6.50. The third-order valence-corrected chi connectivity index (χ3v) is 7.04. The molecule has 0 fully saturated rings. The summed E-state index contributed by atoms with van der Waals surface area (Å²) < 4.78 is 12.0. The molecule has 0 saturated carbocycles. The maximum absolute atomic E-state index is 12.0. The lowest BCUT2D eigenvalue weighted by Gasteiger charge is -2.38. The van der Waals surface area contributed by atoms with Gasteiger partial charge in [-0.05, 0) is 55.2 Å². The van der Waals surface area contributed by atoms with Crippen LogP contribution in [0.3, 0.4) is 0 Å². The molecule has 1 aliphatic heterocycles. The van der Waals surface area contributed by atoms with Crippen LogP contribution in [0.4, 0.5) is 11.4 Å². The molecule has 0 unspecified atom stereocenters. The van der Waals surface area contributed by atoms with Crippen molar-refractivity contribution in [3.8, 4) is 5.75 Å². The van der Waals surface area contributed by atoms with Gasteiger partial charge in [0, 0.05) is 30.8 Å². The third-order valence-electron chi connectivity index (χ3n) is 7.04. The van der Waals surface area contributed by atoms with Crippen molar-refractivity contribution in [2.45, 2.75) is 70.9 Å². The van der Waals surface area contributed by atoms with E-state index < -0.39 is 12.1 Å². The molecule has 0 spiro atoms. The molecule has 1 aliphatic carbocycles. The lowest BCUT2D eigenvalue weighted by Crippen LogP contribution is -2.58. The maximum Gasteiger partial charge on any atom is 0.331 e. The molecule has 8 nitrogen and oxygen atoms in total. The number of hydrogen-bond donors (Lipinski definition) is 3. The summed E-state index contributed by atoms with van der Waals surface area (Å²) in [6.07, 6.45) is 3.06. The van der Waals surface area contributed by atoms with Crippen LogP contribution in [0, 0.1) is 0 Å². The average Bonchev–Trinajstić information content (AvgIpc) is 2.91. The fourth-order valence-electron chi connectivity index (χ4n) is 5.05. The molecule has 0 radical (unpaired) electrons. The molecular weight excluding hydrogens is 470 g/mol. The molecule has 1 amide bonds. The number of nitrogens with zero attached hydrogens (tertiary/aromatic N) is 1. The van der Waals surface area contributed by atoms with Crippen LogP contribution >= 0.6 is 0 Å². The quantitative estimate of drug-likeness (QED) is 0.444. The van der Waals surface area contributed by atoms with Crippen molar-refractivity contribution < 1.29 is 24.2 Å². The highest BCUT2D eigenvalue weighted by Crippen LogP contribution is 2.36. The number of benzene rings is 2. The number of para-hydroxylation sites is 2. The van der Waals surface area contributed by atoms with Gasteiger partial charge in [0.25, 0.3) is 0 Å². The largest absolute Gasteiger partial charge is 0.490 e. The van der Waals surface area contributed by atoms with Gasteiger partial charge in [-0.2, -0.15) is 0 Å². The molecule has 0 bridgehead atoms. The van der Waals surface area contributed by atoms with E-state index in [1.54, 1.807) is 6.08 Å². The number of nitrogens with one attached hydrogen (secondary N) is 2. The van der Waals surface area contributed by atoms with Crippen LogP contribution < -0.4 is 20.3 Å². The van der Waals surface area contributed by atoms with E-state index in [-0.39, 0.29) is 24.1 Å². The number of aliphatic carboxylic acids is 1. The predicted molar refractivity (Wildman–Crippen MR) is 143 cm³/mol. The van der Waals surface area contributed by atoms with Gasteiger partial charge in [-0.1, -0.05) is 38.1 Å². The highest BCUT2D eigenvalue weighted by molar-refractivity contribution is 5.87. The number of carbonyl (C=O) groups is 2. The van der Waals surface area contributed by atoms with Gasteiger partial charge in [0.15, 0.2) is 0 Å². The van der Waals surface area contributed by atoms with E-state index in [1.807, 2.05) is 32.0 Å². The Balaban J connectivity index is 1.48. The second-order valence-electron chi connectivity index (χ2n) is 9.59. The zero-order valence-corrected chi connectivity index (χ0v) is 21.8. The lowest BCUT2D eigenvalue weighted by atomic mass is 9.87. The smallest absolute Gasteiger partial charge is 0.331 e. The van der Waals surface area contributed by atoms with Crippen LogP contribution in [0.1, 0.15) is 45.6 Å². The molecule has 4 rings (SSSR count). The van der Waals surface area contributed by atoms with Crippen LogP contribution in [0.15, 0.2) is 60.2 Å². The van der Waals surface area contributed by atoms with Crippen molar-refractivity contribution in [1.82, 2.24) is 10.6 Å². The standard InChI is InChI=1S/C29H37N3O5/c1-4-23(5-2)37-27-17-21(29(34)35)16-24(28(27)31-19(3)33)30-18-20-10-12-22(13-11-20)32-14-15-36-26-9-7-6-8-25(26)32/h6-13,17,23-24,27-28,30H,4-5,14-16,18H2,1-3H3,(H,31,33)(H,34,35)/t24-,27+,28+/m0/s1. The number of anilines is 2. The maximum atomic E-state index is 12.0. The first kappa shape index (κ1) is 26.7. The molecule has 0 aromatic heterocycles. The molecule has 3 atom stereocenters. The topological polar surface area (TPSA) is 100 Å². The summed E-state index contributed by atoms with van der Waals surface area (Å²) in [6.45, 7) is 7.50. The first-order valence-corrected chi connectivity index (χ1v) is 13.1. The molecule has 37 heavy (non-hydrogen) atoms. The van der Waals surface area contributed by atoms with E-state index in [9.17, 15) is 14.7 Å². The average molecular weight is 508 g/mol. The minimum Gasteiger partial charge on any atom is -0.490 e. The molecule has 198 valence electrons. The second-order valence-corrected chi connectivity index (χ2v) is 9.59. The van der Waals surface area contributed by atoms with Crippen molar-refractivity contribution >= 4 is 23.3 Å². The zero-order chi connectivity index (χ0) is 26.4. The number of ether oxygens (including phenoxy) is 2. The van der Waals surface area contributed by atoms with E-state index in [2.05, 4.69) is 45.9 Å². The minimum atomic E-state index is -0.957. The van der Waals surface area contributed by atoms with Gasteiger partial charge in [-0.3, -0.25) is 4.79 Å². The van der Waals surface area contributed by atoms with Gasteiger partial charge in [0.2, 0.25) is 5.91 Å². The number of amides is 1. The van der Waals surface area contributed by atoms with Crippen LogP contribution in [0.25, 0.3) is 0 Å². The Hall–Kier alpha value is -3.36. The van der Waals surface area contributed by atoms with Gasteiger partial charge in [-0.25, -0.2) is 4.79 Å². The van der Waals surface area contributed by atoms with E-state index in [0.29, 0.717) is 25.1 Å². The molecule has 2 aromatic rings. The van der Waals surface area contributed by atoms with Gasteiger partial charge < -0.3 is 30.1 Å². The Labute approximate surface area is 218 Å². The summed E-state index contributed by atoms with van der Waals surface area (Å²) in [5.74, 6) is -0.244. The SMILES string of the molecule is CCC(CC)O[C@@H]1C=C(C(=O)O)C[C@H](NCc2ccc(N3CCOc4ccccc43)cc2)[C@H]1NC(C)=O. The number of carbonyl (C=O) groups excluding carboxylic acids is 1. The summed E-state index contributed by atoms with van der Waals surface area (Å²) in [6, 6.07) is 15.7. The van der Waals surface area contributed by atoms with Crippen LogP contribution in [-0.2, 0) is 20.9 Å². The summed E-state index contributed by atoms with van der Waals surface area (Å²) in [4.78, 5) is 26.2. The predicted octanol–water partition coefficient (Wildman–Crippen LogP) is 4.17. The van der Waals surface area contributed by atoms with E-state index in [0.717, 1.165) is 42.1 Å². The highest BCUT2D eigenvalue weighted by atomic mass is 16.5. The Kier molecular flexibility index (Phi) is 8.84. The molecule has 0 saturated heterocycles. The molecule has 1 heterocycles. The Morgan fingerprint density at radius 2 is 1.86 bits per heavy atom. The summed E-state index contributed by atoms with van der Waals surface area (Å²) in [5, 5.41) is 16.3. The molecule has 2 aliphatic rings. The van der Waals surface area contributed by atoms with Gasteiger partial charge >= 0.3 is 5.97 Å². The van der Waals surface area contributed by atoms with Crippen LogP contribution in [-0.4, -0.2) is 54.4 Å². The van der Waals surface area contributed by atoms with Crippen molar-refractivity contribution in [1.29, 1.82) is 0 Å². The van der Waals surface area contributed by atoms with Gasteiger partial charge in [0.1, 0.15) is 12.4 Å².